The van der Waals surface area contributed by atoms with Gasteiger partial charge in [-0.05, 0) is 32.4 Å². The van der Waals surface area contributed by atoms with Crippen LogP contribution in [-0.4, -0.2) is 17.7 Å². The lowest BCUT2D eigenvalue weighted by Gasteiger charge is -2.24. The molecular weight excluding hydrogens is 259 g/mol. The molecule has 18 heavy (non-hydrogen) atoms. The number of hydrogen-bond acceptors (Lipinski definition) is 3. The molecule has 1 atom stereocenters. The average molecular weight is 275 g/mol. The molecule has 0 aliphatic rings. The van der Waals surface area contributed by atoms with E-state index in [1.807, 2.05) is 0 Å². The van der Waals surface area contributed by atoms with E-state index in [9.17, 15) is 14.3 Å². The van der Waals surface area contributed by atoms with Crippen LogP contribution in [0.5, 0.6) is 0 Å². The monoisotopic (exact) mass is 274 g/mol. The van der Waals surface area contributed by atoms with Gasteiger partial charge in [-0.1, -0.05) is 17.7 Å². The Morgan fingerprint density at radius 3 is 2.78 bits per heavy atom. The van der Waals surface area contributed by atoms with Gasteiger partial charge in [0.25, 0.3) is 0 Å². The number of esters is 1. The minimum Gasteiger partial charge on any atom is -0.466 e. The van der Waals surface area contributed by atoms with Gasteiger partial charge in [0.1, 0.15) is 5.82 Å². The van der Waals surface area contributed by atoms with E-state index >= 15 is 0 Å². The van der Waals surface area contributed by atoms with Crippen LogP contribution < -0.4 is 0 Å². The summed E-state index contributed by atoms with van der Waals surface area (Å²) in [6, 6.07) is 3.78. The second-order valence-corrected chi connectivity index (χ2v) is 4.61. The summed E-state index contributed by atoms with van der Waals surface area (Å²) in [5.41, 5.74) is -0.896. The summed E-state index contributed by atoms with van der Waals surface area (Å²) in [4.78, 5) is 11.2. The van der Waals surface area contributed by atoms with E-state index in [-0.39, 0.29) is 23.8 Å². The van der Waals surface area contributed by atoms with Crippen LogP contribution in [0.15, 0.2) is 18.2 Å². The molecule has 0 fully saturated rings. The van der Waals surface area contributed by atoms with Gasteiger partial charge < -0.3 is 9.84 Å². The van der Waals surface area contributed by atoms with Gasteiger partial charge in [-0.15, -0.1) is 0 Å². The highest BCUT2D eigenvalue weighted by Crippen LogP contribution is 2.32. The largest absolute Gasteiger partial charge is 0.466 e. The van der Waals surface area contributed by atoms with Crippen LogP contribution in [0, 0.1) is 5.82 Å². The fourth-order valence-electron chi connectivity index (χ4n) is 1.64. The van der Waals surface area contributed by atoms with Crippen LogP contribution >= 0.6 is 11.6 Å². The van der Waals surface area contributed by atoms with Gasteiger partial charge in [0, 0.05) is 17.0 Å². The van der Waals surface area contributed by atoms with Crippen molar-refractivity contribution in [3.05, 3.63) is 34.6 Å². The van der Waals surface area contributed by atoms with Crippen LogP contribution in [0.2, 0.25) is 5.02 Å². The van der Waals surface area contributed by atoms with Crippen molar-refractivity contribution in [1.29, 1.82) is 0 Å². The third-order valence-electron chi connectivity index (χ3n) is 2.63. The van der Waals surface area contributed by atoms with Crippen molar-refractivity contribution in [2.24, 2.45) is 0 Å². The maximum Gasteiger partial charge on any atom is 0.305 e. The average Bonchev–Trinajstić information content (AvgIpc) is 2.26. The fourth-order valence-corrected chi connectivity index (χ4v) is 2.01. The minimum absolute atomic E-state index is 0.0779. The standard InChI is InChI=1S/C13H16ClFO3/c1-3-18-12(16)6-7-13(2,17)10-5-4-9(15)8-11(10)14/h4-5,8,17H,3,6-7H2,1-2H3. The third-order valence-corrected chi connectivity index (χ3v) is 2.95. The van der Waals surface area contributed by atoms with E-state index in [0.29, 0.717) is 12.2 Å². The fraction of sp³-hybridized carbons (Fsp3) is 0.462. The summed E-state index contributed by atoms with van der Waals surface area (Å²) in [6.07, 6.45) is 0.242. The maximum absolute atomic E-state index is 12.9. The van der Waals surface area contributed by atoms with Crippen molar-refractivity contribution < 1.29 is 19.0 Å². The van der Waals surface area contributed by atoms with Crippen molar-refractivity contribution in [3.63, 3.8) is 0 Å². The Bertz CT molecular complexity index is 432. The molecule has 0 aliphatic heterocycles. The normalized spacial score (nSPS) is 14.1. The van der Waals surface area contributed by atoms with Gasteiger partial charge in [-0.2, -0.15) is 0 Å². The molecule has 0 spiro atoms. The van der Waals surface area contributed by atoms with Gasteiger partial charge in [0.05, 0.1) is 12.2 Å². The first kappa shape index (κ1) is 14.9. The summed E-state index contributed by atoms with van der Waals surface area (Å²) < 4.78 is 17.7. The summed E-state index contributed by atoms with van der Waals surface area (Å²) in [5.74, 6) is -0.846. The van der Waals surface area contributed by atoms with Crippen molar-refractivity contribution >= 4 is 17.6 Å². The molecular formula is C13H16ClFO3. The highest BCUT2D eigenvalue weighted by molar-refractivity contribution is 6.31. The number of aliphatic hydroxyl groups is 1. The predicted molar refractivity (Wildman–Crippen MR) is 66.8 cm³/mol. The molecule has 0 saturated carbocycles. The molecule has 5 heteroatoms. The third kappa shape index (κ3) is 3.96. The molecule has 0 bridgehead atoms. The number of benzene rings is 1. The van der Waals surface area contributed by atoms with Crippen LogP contribution in [0.4, 0.5) is 4.39 Å². The van der Waals surface area contributed by atoms with Gasteiger partial charge in [0.15, 0.2) is 0 Å². The molecule has 0 aromatic heterocycles. The zero-order valence-corrected chi connectivity index (χ0v) is 11.1. The first-order valence-corrected chi connectivity index (χ1v) is 6.08. The quantitative estimate of drug-likeness (QED) is 0.840. The van der Waals surface area contributed by atoms with Gasteiger partial charge in [-0.3, -0.25) is 4.79 Å². The summed E-state index contributed by atoms with van der Waals surface area (Å²) in [5, 5.41) is 10.4. The number of carbonyl (C=O) groups excluding carboxylic acids is 1. The Labute approximate surface area is 111 Å². The number of carbonyl (C=O) groups is 1. The maximum atomic E-state index is 12.9. The summed E-state index contributed by atoms with van der Waals surface area (Å²) >= 11 is 5.87. The Kier molecular flexibility index (Phi) is 5.11. The molecule has 0 amide bonds. The SMILES string of the molecule is CCOC(=O)CCC(C)(O)c1ccc(F)cc1Cl. The lowest BCUT2D eigenvalue weighted by molar-refractivity contribution is -0.144. The van der Waals surface area contributed by atoms with Crippen LogP contribution in [-0.2, 0) is 15.1 Å². The second-order valence-electron chi connectivity index (χ2n) is 4.20. The second kappa shape index (κ2) is 6.16. The molecule has 1 rings (SSSR count). The topological polar surface area (TPSA) is 46.5 Å². The first-order valence-electron chi connectivity index (χ1n) is 5.70. The molecule has 0 aliphatic carbocycles. The van der Waals surface area contributed by atoms with E-state index in [2.05, 4.69) is 0 Å². The van der Waals surface area contributed by atoms with Gasteiger partial charge in [0.2, 0.25) is 0 Å². The number of ether oxygens (including phenoxy) is 1. The van der Waals surface area contributed by atoms with Crippen LogP contribution in [0.3, 0.4) is 0 Å². The van der Waals surface area contributed by atoms with E-state index in [0.717, 1.165) is 6.07 Å². The predicted octanol–water partition coefficient (Wildman–Crippen LogP) is 3.03. The summed E-state index contributed by atoms with van der Waals surface area (Å²) in [6.45, 7) is 3.55. The van der Waals surface area contributed by atoms with Crippen molar-refractivity contribution in [1.82, 2.24) is 0 Å². The molecule has 100 valence electrons. The van der Waals surface area contributed by atoms with Crippen molar-refractivity contribution in [2.45, 2.75) is 32.3 Å². The highest BCUT2D eigenvalue weighted by atomic mass is 35.5. The van der Waals surface area contributed by atoms with E-state index in [1.54, 1.807) is 6.92 Å². The van der Waals surface area contributed by atoms with E-state index < -0.39 is 11.4 Å². The number of halogens is 2. The lowest BCUT2D eigenvalue weighted by atomic mass is 9.91. The molecule has 0 saturated heterocycles. The van der Waals surface area contributed by atoms with E-state index in [4.69, 9.17) is 16.3 Å². The van der Waals surface area contributed by atoms with E-state index in [1.165, 1.54) is 19.1 Å². The van der Waals surface area contributed by atoms with Crippen molar-refractivity contribution in [3.8, 4) is 0 Å². The number of hydrogen-bond donors (Lipinski definition) is 1. The van der Waals surface area contributed by atoms with Crippen LogP contribution in [0.1, 0.15) is 32.3 Å². The molecule has 1 aromatic rings. The Balaban J connectivity index is 2.76. The smallest absolute Gasteiger partial charge is 0.305 e. The molecule has 1 unspecified atom stereocenters. The molecule has 0 heterocycles. The van der Waals surface area contributed by atoms with Crippen LogP contribution in [0.25, 0.3) is 0 Å². The molecule has 1 N–H and O–H groups in total. The zero-order chi connectivity index (χ0) is 13.8. The highest BCUT2D eigenvalue weighted by Gasteiger charge is 2.27. The molecule has 0 radical (unpaired) electrons. The van der Waals surface area contributed by atoms with Crippen molar-refractivity contribution in [2.75, 3.05) is 6.61 Å². The zero-order valence-electron chi connectivity index (χ0n) is 10.4. The number of rotatable bonds is 5. The lowest BCUT2D eigenvalue weighted by Crippen LogP contribution is -2.23. The Hall–Kier alpha value is -1.13. The Morgan fingerprint density at radius 1 is 1.56 bits per heavy atom. The first-order chi connectivity index (χ1) is 8.36. The van der Waals surface area contributed by atoms with Gasteiger partial charge >= 0.3 is 5.97 Å². The molecule has 1 aromatic carbocycles. The molecule has 3 nitrogen and oxygen atoms in total. The Morgan fingerprint density at radius 2 is 2.22 bits per heavy atom. The minimum atomic E-state index is -1.29. The summed E-state index contributed by atoms with van der Waals surface area (Å²) in [7, 11) is 0. The van der Waals surface area contributed by atoms with Gasteiger partial charge in [-0.25, -0.2) is 4.39 Å².